The zero-order chi connectivity index (χ0) is 13.8. The molecule has 0 aliphatic rings. The third-order valence-electron chi connectivity index (χ3n) is 2.69. The van der Waals surface area contributed by atoms with Crippen LogP contribution in [0.1, 0.15) is 37.6 Å². The van der Waals surface area contributed by atoms with Gasteiger partial charge in [0, 0.05) is 18.4 Å². The fourth-order valence-corrected chi connectivity index (χ4v) is 1.48. The Balaban J connectivity index is 2.70. The van der Waals surface area contributed by atoms with E-state index in [4.69, 9.17) is 4.74 Å². The smallest absolute Gasteiger partial charge is 0.227 e. The Labute approximate surface area is 107 Å². The lowest BCUT2D eigenvalue weighted by atomic mass is 10.0. The minimum atomic E-state index is -0.498. The first-order valence-corrected chi connectivity index (χ1v) is 5.80. The number of Topliss-reactive ketones (excluding diaryl/α,β-unsaturated/α-hetero) is 1. The van der Waals surface area contributed by atoms with Gasteiger partial charge in [-0.05, 0) is 32.9 Å². The molecule has 1 rings (SSSR count). The molecule has 0 atom stereocenters. The summed E-state index contributed by atoms with van der Waals surface area (Å²) in [6.07, 6.45) is 0.258. The maximum Gasteiger partial charge on any atom is 0.227 e. The quantitative estimate of drug-likeness (QED) is 0.816. The van der Waals surface area contributed by atoms with Crippen LogP contribution in [0.4, 0.5) is 5.69 Å². The molecule has 0 saturated heterocycles. The number of ether oxygens (including phenoxy) is 1. The van der Waals surface area contributed by atoms with Gasteiger partial charge in [-0.3, -0.25) is 9.59 Å². The summed E-state index contributed by atoms with van der Waals surface area (Å²) in [4.78, 5) is 23.0. The highest BCUT2D eigenvalue weighted by Gasteiger charge is 2.21. The Morgan fingerprint density at radius 3 is 2.56 bits per heavy atom. The van der Waals surface area contributed by atoms with Gasteiger partial charge in [0.2, 0.25) is 5.91 Å². The number of methoxy groups -OCH3 is 1. The number of ketones is 1. The fourth-order valence-electron chi connectivity index (χ4n) is 1.48. The number of carbonyl (C=O) groups excluding carboxylic acids is 2. The fraction of sp³-hybridized carbons (Fsp3) is 0.429. The third-order valence-corrected chi connectivity index (χ3v) is 2.69. The summed E-state index contributed by atoms with van der Waals surface area (Å²) in [7, 11) is 1.57. The molecule has 0 spiro atoms. The van der Waals surface area contributed by atoms with Gasteiger partial charge in [0.25, 0.3) is 0 Å². The van der Waals surface area contributed by atoms with Crippen LogP contribution in [0.25, 0.3) is 0 Å². The number of rotatable bonds is 5. The van der Waals surface area contributed by atoms with Crippen LogP contribution >= 0.6 is 0 Å². The van der Waals surface area contributed by atoms with Crippen LogP contribution in [0.3, 0.4) is 0 Å². The van der Waals surface area contributed by atoms with E-state index in [1.165, 1.54) is 6.92 Å². The van der Waals surface area contributed by atoms with Crippen LogP contribution in [0.5, 0.6) is 0 Å². The second kappa shape index (κ2) is 5.78. The molecule has 4 nitrogen and oxygen atoms in total. The SMILES string of the molecule is COC(C)(C)CC(=O)Nc1cccc(C(C)=O)c1. The van der Waals surface area contributed by atoms with Gasteiger partial charge < -0.3 is 10.1 Å². The Hall–Kier alpha value is -1.68. The van der Waals surface area contributed by atoms with Crippen molar-refractivity contribution in [2.24, 2.45) is 0 Å². The van der Waals surface area contributed by atoms with E-state index < -0.39 is 5.60 Å². The van der Waals surface area contributed by atoms with Gasteiger partial charge in [0.05, 0.1) is 12.0 Å². The Morgan fingerprint density at radius 2 is 2.00 bits per heavy atom. The van der Waals surface area contributed by atoms with Crippen molar-refractivity contribution in [3.8, 4) is 0 Å². The molecule has 0 radical (unpaired) electrons. The summed E-state index contributed by atoms with van der Waals surface area (Å²) < 4.78 is 5.19. The minimum Gasteiger partial charge on any atom is -0.378 e. The maximum atomic E-state index is 11.8. The van der Waals surface area contributed by atoms with Gasteiger partial charge in [0.1, 0.15) is 0 Å². The topological polar surface area (TPSA) is 55.4 Å². The van der Waals surface area contributed by atoms with Crippen molar-refractivity contribution in [2.75, 3.05) is 12.4 Å². The van der Waals surface area contributed by atoms with Crippen LogP contribution in [0.15, 0.2) is 24.3 Å². The molecule has 18 heavy (non-hydrogen) atoms. The maximum absolute atomic E-state index is 11.8. The lowest BCUT2D eigenvalue weighted by molar-refractivity contribution is -0.121. The average molecular weight is 249 g/mol. The van der Waals surface area contributed by atoms with Crippen molar-refractivity contribution >= 4 is 17.4 Å². The lowest BCUT2D eigenvalue weighted by Crippen LogP contribution is -2.29. The molecule has 0 saturated carbocycles. The first-order valence-electron chi connectivity index (χ1n) is 5.80. The predicted molar refractivity (Wildman–Crippen MR) is 70.8 cm³/mol. The molecule has 1 aromatic rings. The molecular formula is C14H19NO3. The second-order valence-electron chi connectivity index (χ2n) is 4.83. The summed E-state index contributed by atoms with van der Waals surface area (Å²) in [5.74, 6) is -0.161. The average Bonchev–Trinajstić information content (AvgIpc) is 2.28. The molecule has 0 bridgehead atoms. The molecule has 1 amide bonds. The molecule has 0 aliphatic heterocycles. The van der Waals surface area contributed by atoms with Crippen LogP contribution < -0.4 is 5.32 Å². The highest BCUT2D eigenvalue weighted by molar-refractivity contribution is 5.97. The van der Waals surface area contributed by atoms with E-state index in [1.807, 2.05) is 13.8 Å². The van der Waals surface area contributed by atoms with Crippen LogP contribution in [0.2, 0.25) is 0 Å². The number of amides is 1. The summed E-state index contributed by atoms with van der Waals surface area (Å²) in [6, 6.07) is 6.88. The summed E-state index contributed by atoms with van der Waals surface area (Å²) in [5, 5.41) is 2.76. The molecule has 0 unspecified atom stereocenters. The normalized spacial score (nSPS) is 11.1. The molecule has 98 valence electrons. The van der Waals surface area contributed by atoms with Gasteiger partial charge >= 0.3 is 0 Å². The number of hydrogen-bond acceptors (Lipinski definition) is 3. The van der Waals surface area contributed by atoms with Crippen molar-refractivity contribution in [3.05, 3.63) is 29.8 Å². The molecule has 0 aliphatic carbocycles. The molecule has 1 aromatic carbocycles. The standard InChI is InChI=1S/C14H19NO3/c1-10(16)11-6-5-7-12(8-11)15-13(17)9-14(2,3)18-4/h5-8H,9H2,1-4H3,(H,15,17). The number of benzene rings is 1. The molecule has 0 fully saturated rings. The molecule has 0 aromatic heterocycles. The van der Waals surface area contributed by atoms with Gasteiger partial charge in [-0.1, -0.05) is 12.1 Å². The summed E-state index contributed by atoms with van der Waals surface area (Å²) in [5.41, 5.74) is 0.709. The monoisotopic (exact) mass is 249 g/mol. The van der Waals surface area contributed by atoms with Gasteiger partial charge in [-0.25, -0.2) is 0 Å². The number of nitrogens with one attached hydrogen (secondary N) is 1. The largest absolute Gasteiger partial charge is 0.378 e. The molecular weight excluding hydrogens is 230 g/mol. The molecule has 0 heterocycles. The molecule has 1 N–H and O–H groups in total. The van der Waals surface area contributed by atoms with E-state index in [1.54, 1.807) is 31.4 Å². The first-order chi connectivity index (χ1) is 8.34. The van der Waals surface area contributed by atoms with Gasteiger partial charge in [0.15, 0.2) is 5.78 Å². The van der Waals surface area contributed by atoms with E-state index in [2.05, 4.69) is 5.32 Å². The predicted octanol–water partition coefficient (Wildman–Crippen LogP) is 2.64. The van der Waals surface area contributed by atoms with E-state index >= 15 is 0 Å². The number of hydrogen-bond donors (Lipinski definition) is 1. The second-order valence-corrected chi connectivity index (χ2v) is 4.83. The van der Waals surface area contributed by atoms with Crippen LogP contribution in [-0.2, 0) is 9.53 Å². The minimum absolute atomic E-state index is 0.0247. The van der Waals surface area contributed by atoms with Crippen molar-refractivity contribution in [1.82, 2.24) is 0 Å². The van der Waals surface area contributed by atoms with E-state index in [0.717, 1.165) is 0 Å². The van der Waals surface area contributed by atoms with Crippen molar-refractivity contribution in [2.45, 2.75) is 32.8 Å². The van der Waals surface area contributed by atoms with Crippen molar-refractivity contribution in [1.29, 1.82) is 0 Å². The lowest BCUT2D eigenvalue weighted by Gasteiger charge is -2.21. The van der Waals surface area contributed by atoms with E-state index in [-0.39, 0.29) is 18.1 Å². The van der Waals surface area contributed by atoms with Gasteiger partial charge in [-0.15, -0.1) is 0 Å². The number of carbonyl (C=O) groups is 2. The van der Waals surface area contributed by atoms with Crippen molar-refractivity contribution in [3.63, 3.8) is 0 Å². The van der Waals surface area contributed by atoms with E-state index in [9.17, 15) is 9.59 Å². The summed E-state index contributed by atoms with van der Waals surface area (Å²) >= 11 is 0. The summed E-state index contributed by atoms with van der Waals surface area (Å²) in [6.45, 7) is 5.19. The number of anilines is 1. The first kappa shape index (κ1) is 14.4. The van der Waals surface area contributed by atoms with Gasteiger partial charge in [-0.2, -0.15) is 0 Å². The van der Waals surface area contributed by atoms with Crippen LogP contribution in [0, 0.1) is 0 Å². The Morgan fingerprint density at radius 1 is 1.33 bits per heavy atom. The Bertz CT molecular complexity index is 452. The van der Waals surface area contributed by atoms with Crippen LogP contribution in [-0.4, -0.2) is 24.4 Å². The third kappa shape index (κ3) is 4.30. The van der Waals surface area contributed by atoms with Crippen molar-refractivity contribution < 1.29 is 14.3 Å². The highest BCUT2D eigenvalue weighted by Crippen LogP contribution is 2.16. The highest BCUT2D eigenvalue weighted by atomic mass is 16.5. The van der Waals surface area contributed by atoms with E-state index in [0.29, 0.717) is 11.3 Å². The zero-order valence-corrected chi connectivity index (χ0v) is 11.2. The Kier molecular flexibility index (Phi) is 4.62. The zero-order valence-electron chi connectivity index (χ0n) is 11.2. The molecule has 4 heteroatoms.